The topological polar surface area (TPSA) is 69.8 Å². The summed E-state index contributed by atoms with van der Waals surface area (Å²) in [6.45, 7) is 5.48. The minimum absolute atomic E-state index is 0.139. The number of nitro groups is 1. The molecule has 1 unspecified atom stereocenters. The van der Waals surface area contributed by atoms with Gasteiger partial charge in [0.1, 0.15) is 0 Å². The number of aliphatic hydroxyl groups is 1. The van der Waals surface area contributed by atoms with Crippen molar-refractivity contribution in [2.75, 3.05) is 31.1 Å². The van der Waals surface area contributed by atoms with Gasteiger partial charge in [-0.25, -0.2) is 0 Å². The van der Waals surface area contributed by atoms with Gasteiger partial charge in [0, 0.05) is 36.6 Å². The van der Waals surface area contributed by atoms with Gasteiger partial charge < -0.3 is 10.0 Å². The van der Waals surface area contributed by atoms with Gasteiger partial charge in [0.2, 0.25) is 0 Å². The van der Waals surface area contributed by atoms with Crippen molar-refractivity contribution in [2.45, 2.75) is 38.3 Å². The van der Waals surface area contributed by atoms with Crippen LogP contribution in [0.25, 0.3) is 0 Å². The summed E-state index contributed by atoms with van der Waals surface area (Å²) in [5, 5.41) is 21.7. The monoisotopic (exact) mass is 311 g/mol. The van der Waals surface area contributed by atoms with Gasteiger partial charge in [-0.2, -0.15) is 0 Å². The maximum atomic E-state index is 11.3. The molecule has 0 spiro atoms. The largest absolute Gasteiger partial charge is 0.388 e. The highest BCUT2D eigenvalue weighted by atomic mass is 32.1. The number of hydrogen-bond acceptors (Lipinski definition) is 6. The average Bonchev–Trinajstić information content (AvgIpc) is 2.92. The van der Waals surface area contributed by atoms with Gasteiger partial charge in [-0.15, -0.1) is 11.3 Å². The van der Waals surface area contributed by atoms with E-state index in [4.69, 9.17) is 0 Å². The van der Waals surface area contributed by atoms with Crippen molar-refractivity contribution >= 4 is 22.0 Å². The molecule has 1 N–H and O–H groups in total. The molecular weight excluding hydrogens is 290 g/mol. The Hall–Kier alpha value is -1.18. The quantitative estimate of drug-likeness (QED) is 0.685. The number of piperazine rings is 1. The molecule has 2 aliphatic rings. The number of thiophene rings is 1. The summed E-state index contributed by atoms with van der Waals surface area (Å²) in [6, 6.07) is 2.04. The Morgan fingerprint density at radius 1 is 1.43 bits per heavy atom. The van der Waals surface area contributed by atoms with E-state index in [0.717, 1.165) is 26.2 Å². The first-order valence-corrected chi connectivity index (χ1v) is 8.33. The summed E-state index contributed by atoms with van der Waals surface area (Å²) in [7, 11) is 0. The molecule has 0 aliphatic carbocycles. The lowest BCUT2D eigenvalue weighted by atomic mass is 10.00. The predicted octanol–water partition coefficient (Wildman–Crippen LogP) is 2.38. The van der Waals surface area contributed by atoms with Crippen LogP contribution in [0.5, 0.6) is 0 Å². The summed E-state index contributed by atoms with van der Waals surface area (Å²) in [5.41, 5.74) is 0.139. The predicted molar refractivity (Wildman–Crippen MR) is 83.0 cm³/mol. The zero-order valence-corrected chi connectivity index (χ0v) is 13.0. The molecule has 0 radical (unpaired) electrons. The Labute approximate surface area is 128 Å². The van der Waals surface area contributed by atoms with Gasteiger partial charge in [-0.05, 0) is 26.3 Å². The number of anilines is 1. The van der Waals surface area contributed by atoms with Crippen LogP contribution >= 0.6 is 11.3 Å². The molecule has 6 nitrogen and oxygen atoms in total. The Bertz CT molecular complexity index is 532. The molecule has 0 bridgehead atoms. The van der Waals surface area contributed by atoms with Crippen LogP contribution in [0.2, 0.25) is 0 Å². The minimum atomic E-state index is -0.654. The molecule has 3 rings (SSSR count). The summed E-state index contributed by atoms with van der Waals surface area (Å²) < 4.78 is 0. The van der Waals surface area contributed by atoms with Gasteiger partial charge in [0.25, 0.3) is 0 Å². The Morgan fingerprint density at radius 2 is 2.24 bits per heavy atom. The zero-order valence-electron chi connectivity index (χ0n) is 12.2. The van der Waals surface area contributed by atoms with Crippen molar-refractivity contribution in [2.24, 2.45) is 0 Å². The van der Waals surface area contributed by atoms with E-state index in [9.17, 15) is 15.2 Å². The van der Waals surface area contributed by atoms with Crippen molar-refractivity contribution in [1.29, 1.82) is 0 Å². The van der Waals surface area contributed by atoms with Crippen molar-refractivity contribution in [3.8, 4) is 0 Å². The fourth-order valence-electron chi connectivity index (χ4n) is 3.29. The molecule has 1 aromatic rings. The molecule has 2 atom stereocenters. The maximum absolute atomic E-state index is 11.3. The Balaban J connectivity index is 1.84. The number of rotatable bonds is 3. The lowest BCUT2D eigenvalue weighted by molar-refractivity contribution is -0.383. The van der Waals surface area contributed by atoms with Crippen LogP contribution in [0.15, 0.2) is 6.07 Å². The average molecular weight is 311 g/mol. The van der Waals surface area contributed by atoms with Crippen molar-refractivity contribution in [1.82, 2.24) is 4.90 Å². The first-order chi connectivity index (χ1) is 10.1. The Kier molecular flexibility index (Phi) is 4.14. The number of aliphatic hydroxyl groups excluding tert-OH is 1. The molecule has 1 aromatic heterocycles. The second-order valence-electron chi connectivity index (χ2n) is 5.90. The third kappa shape index (κ3) is 2.90. The molecular formula is C14H21N3O3S. The molecule has 2 saturated heterocycles. The fourth-order valence-corrected chi connectivity index (χ4v) is 4.39. The van der Waals surface area contributed by atoms with Gasteiger partial charge in [0.15, 0.2) is 5.00 Å². The zero-order chi connectivity index (χ0) is 15.0. The van der Waals surface area contributed by atoms with Crippen LogP contribution in [0.4, 0.5) is 10.7 Å². The third-order valence-electron chi connectivity index (χ3n) is 4.45. The molecule has 0 aromatic carbocycles. The molecule has 21 heavy (non-hydrogen) atoms. The summed E-state index contributed by atoms with van der Waals surface area (Å²) in [4.78, 5) is 16.3. The normalized spacial score (nSPS) is 24.7. The standard InChI is InChI=1S/C14H21N3O3S/c1-10(18)13-8-12(17(19)20)14(21-13)16-7-6-15-5-3-2-4-11(15)9-16/h8,10-11,18H,2-7,9H2,1H3/t10-,11?/m1/s1. The smallest absolute Gasteiger partial charge is 0.304 e. The van der Waals surface area contributed by atoms with E-state index in [-0.39, 0.29) is 10.6 Å². The van der Waals surface area contributed by atoms with Gasteiger partial charge in [-0.1, -0.05) is 6.42 Å². The van der Waals surface area contributed by atoms with Crippen LogP contribution in [0, 0.1) is 10.1 Å². The van der Waals surface area contributed by atoms with E-state index in [0.29, 0.717) is 15.9 Å². The van der Waals surface area contributed by atoms with E-state index in [1.807, 2.05) is 0 Å². The molecule has 7 heteroatoms. The summed E-state index contributed by atoms with van der Waals surface area (Å²) in [6.07, 6.45) is 3.04. The number of hydrogen-bond donors (Lipinski definition) is 1. The van der Waals surface area contributed by atoms with E-state index in [2.05, 4.69) is 9.80 Å². The lowest BCUT2D eigenvalue weighted by Crippen LogP contribution is -2.54. The Morgan fingerprint density at radius 3 is 2.95 bits per heavy atom. The third-order valence-corrected chi connectivity index (χ3v) is 5.80. The van der Waals surface area contributed by atoms with Crippen LogP contribution in [0.3, 0.4) is 0 Å². The summed E-state index contributed by atoms with van der Waals surface area (Å²) >= 11 is 1.36. The van der Waals surface area contributed by atoms with E-state index >= 15 is 0 Å². The van der Waals surface area contributed by atoms with Crippen molar-refractivity contribution in [3.05, 3.63) is 21.1 Å². The molecule has 0 amide bonds. The first kappa shape index (κ1) is 14.7. The lowest BCUT2D eigenvalue weighted by Gasteiger charge is -2.44. The molecule has 3 heterocycles. The highest BCUT2D eigenvalue weighted by Gasteiger charge is 2.33. The molecule has 116 valence electrons. The van der Waals surface area contributed by atoms with Crippen LogP contribution in [-0.4, -0.2) is 47.2 Å². The maximum Gasteiger partial charge on any atom is 0.304 e. The molecule has 2 fully saturated rings. The highest BCUT2D eigenvalue weighted by molar-refractivity contribution is 7.16. The molecule has 0 saturated carbocycles. The second-order valence-corrected chi connectivity index (χ2v) is 6.97. The van der Waals surface area contributed by atoms with Crippen LogP contribution in [-0.2, 0) is 0 Å². The van der Waals surface area contributed by atoms with Crippen molar-refractivity contribution in [3.63, 3.8) is 0 Å². The first-order valence-electron chi connectivity index (χ1n) is 7.51. The number of fused-ring (bicyclic) bond motifs is 1. The van der Waals surface area contributed by atoms with Crippen LogP contribution < -0.4 is 4.90 Å². The van der Waals surface area contributed by atoms with Crippen LogP contribution in [0.1, 0.15) is 37.2 Å². The second kappa shape index (κ2) is 5.90. The number of piperidine rings is 1. The fraction of sp³-hybridized carbons (Fsp3) is 0.714. The van der Waals surface area contributed by atoms with Gasteiger partial charge >= 0.3 is 5.69 Å². The SMILES string of the molecule is C[C@@H](O)c1cc([N+](=O)[O-])c(N2CCN3CCCCC3C2)s1. The van der Waals surface area contributed by atoms with E-state index in [1.54, 1.807) is 6.92 Å². The number of nitrogens with zero attached hydrogens (tertiary/aromatic N) is 3. The van der Waals surface area contributed by atoms with Gasteiger partial charge in [-0.3, -0.25) is 15.0 Å². The summed E-state index contributed by atoms with van der Waals surface area (Å²) in [5.74, 6) is 0. The van der Waals surface area contributed by atoms with Crippen molar-refractivity contribution < 1.29 is 10.0 Å². The highest BCUT2D eigenvalue weighted by Crippen LogP contribution is 2.41. The minimum Gasteiger partial charge on any atom is -0.388 e. The van der Waals surface area contributed by atoms with Gasteiger partial charge in [0.05, 0.1) is 11.0 Å². The van der Waals surface area contributed by atoms with E-state index in [1.165, 1.54) is 36.7 Å². The van der Waals surface area contributed by atoms with E-state index < -0.39 is 6.10 Å². The molecule has 2 aliphatic heterocycles.